The average Bonchev–Trinajstić information content (AvgIpc) is 3.34. The van der Waals surface area contributed by atoms with Gasteiger partial charge in [-0.05, 0) is 71.0 Å². The first-order valence-electron chi connectivity index (χ1n) is 11.9. The van der Waals surface area contributed by atoms with Crippen LogP contribution in [-0.2, 0) is 9.59 Å². The van der Waals surface area contributed by atoms with Crippen LogP contribution in [-0.4, -0.2) is 74.1 Å². The number of imide groups is 1. The van der Waals surface area contributed by atoms with Gasteiger partial charge in [-0.1, -0.05) is 18.2 Å². The van der Waals surface area contributed by atoms with Gasteiger partial charge < -0.3 is 32.4 Å². The van der Waals surface area contributed by atoms with E-state index in [-0.39, 0.29) is 11.8 Å². The van der Waals surface area contributed by atoms with Gasteiger partial charge in [0.05, 0.1) is 5.57 Å². The minimum Gasteiger partial charge on any atom is -0.380 e. The van der Waals surface area contributed by atoms with E-state index in [2.05, 4.69) is 20.9 Å². The number of carbonyl (C=O) groups is 2. The smallest absolute Gasteiger partial charge is 0.277 e. The molecule has 0 aliphatic carbocycles. The van der Waals surface area contributed by atoms with Crippen LogP contribution in [0.15, 0.2) is 36.2 Å². The Labute approximate surface area is 195 Å². The van der Waals surface area contributed by atoms with Gasteiger partial charge in [0.15, 0.2) is 0 Å². The number of para-hydroxylation sites is 1. The van der Waals surface area contributed by atoms with Crippen LogP contribution in [0, 0.1) is 0 Å². The molecule has 1 aliphatic rings. The van der Waals surface area contributed by atoms with Crippen molar-refractivity contribution in [2.45, 2.75) is 25.7 Å². The molecule has 0 spiro atoms. The summed E-state index contributed by atoms with van der Waals surface area (Å²) >= 11 is 0. The second-order valence-electron chi connectivity index (χ2n) is 8.18. The van der Waals surface area contributed by atoms with Gasteiger partial charge in [0.2, 0.25) is 0 Å². The Morgan fingerprint density at radius 2 is 1.48 bits per heavy atom. The summed E-state index contributed by atoms with van der Waals surface area (Å²) in [5.74, 6) is -0.492. The number of benzene rings is 1. The van der Waals surface area contributed by atoms with Gasteiger partial charge in [0.1, 0.15) is 5.70 Å². The lowest BCUT2D eigenvalue weighted by Crippen LogP contribution is -2.36. The highest BCUT2D eigenvalue weighted by atomic mass is 16.2. The van der Waals surface area contributed by atoms with Crippen LogP contribution in [0.2, 0.25) is 0 Å². The fraction of sp³-hybridized carbons (Fsp3) is 0.500. The molecular formula is C24H37N7O2. The number of fused-ring (bicyclic) bond motifs is 1. The lowest BCUT2D eigenvalue weighted by atomic mass is 10.0. The first kappa shape index (κ1) is 24.9. The maximum atomic E-state index is 13.4. The zero-order valence-corrected chi connectivity index (χ0v) is 19.3. The van der Waals surface area contributed by atoms with Gasteiger partial charge in [0.25, 0.3) is 11.8 Å². The van der Waals surface area contributed by atoms with Crippen molar-refractivity contribution in [1.82, 2.24) is 25.8 Å². The number of amides is 2. The first-order valence-corrected chi connectivity index (χ1v) is 11.9. The average molecular weight is 456 g/mol. The standard InChI is InChI=1S/C24H37N7O2/c25-9-3-11-27-13-5-15-29-22-21(19-17-30-20-8-2-1-7-18(19)20)23(32)31(24(22)33)16-6-14-28-12-4-10-26/h1-2,7-8,17,27-30H,3-6,9-16,25-26H2. The van der Waals surface area contributed by atoms with Crippen molar-refractivity contribution in [1.29, 1.82) is 0 Å². The highest BCUT2D eigenvalue weighted by molar-refractivity contribution is 6.37. The van der Waals surface area contributed by atoms with Crippen molar-refractivity contribution in [3.63, 3.8) is 0 Å². The summed E-state index contributed by atoms with van der Waals surface area (Å²) in [6.45, 7) is 5.56. The van der Waals surface area contributed by atoms with Gasteiger partial charge in [-0.3, -0.25) is 14.5 Å². The number of aromatic amines is 1. The minimum atomic E-state index is -0.252. The molecule has 2 aromatic rings. The molecule has 3 rings (SSSR count). The van der Waals surface area contributed by atoms with Crippen molar-refractivity contribution in [2.75, 3.05) is 52.4 Å². The molecule has 9 heteroatoms. The molecule has 9 nitrogen and oxygen atoms in total. The van der Waals surface area contributed by atoms with E-state index >= 15 is 0 Å². The summed E-state index contributed by atoms with van der Waals surface area (Å²) < 4.78 is 0. The molecule has 0 bridgehead atoms. The predicted octanol–water partition coefficient (Wildman–Crippen LogP) is 0.494. The molecule has 0 saturated carbocycles. The van der Waals surface area contributed by atoms with Gasteiger partial charge in [-0.2, -0.15) is 0 Å². The van der Waals surface area contributed by atoms with Gasteiger partial charge in [-0.15, -0.1) is 0 Å². The lowest BCUT2D eigenvalue weighted by Gasteiger charge is -2.15. The Bertz CT molecular complexity index is 953. The number of nitrogens with one attached hydrogen (secondary N) is 4. The summed E-state index contributed by atoms with van der Waals surface area (Å²) in [7, 11) is 0. The maximum Gasteiger partial charge on any atom is 0.277 e. The lowest BCUT2D eigenvalue weighted by molar-refractivity contribution is -0.137. The number of hydrogen-bond acceptors (Lipinski definition) is 7. The number of H-pyrrole nitrogens is 1. The van der Waals surface area contributed by atoms with E-state index in [0.29, 0.717) is 43.9 Å². The Kier molecular flexibility index (Phi) is 9.89. The quantitative estimate of drug-likeness (QED) is 0.160. The normalized spacial score (nSPS) is 14.2. The third-order valence-corrected chi connectivity index (χ3v) is 5.71. The van der Waals surface area contributed by atoms with Crippen molar-refractivity contribution in [3.05, 3.63) is 41.7 Å². The number of nitrogens with two attached hydrogens (primary N) is 2. The SMILES string of the molecule is NCCCNCCCNC1=C(c2c[nH]c3ccccc23)C(=O)N(CCCNCCCN)C1=O. The van der Waals surface area contributed by atoms with Crippen LogP contribution in [0.1, 0.15) is 31.2 Å². The highest BCUT2D eigenvalue weighted by Gasteiger charge is 2.39. The van der Waals surface area contributed by atoms with E-state index in [0.717, 1.165) is 61.9 Å². The molecule has 0 atom stereocenters. The van der Waals surface area contributed by atoms with Gasteiger partial charge in [-0.25, -0.2) is 0 Å². The number of aromatic nitrogens is 1. The van der Waals surface area contributed by atoms with E-state index in [9.17, 15) is 9.59 Å². The van der Waals surface area contributed by atoms with E-state index in [4.69, 9.17) is 11.5 Å². The monoisotopic (exact) mass is 455 g/mol. The molecule has 180 valence electrons. The molecule has 0 radical (unpaired) electrons. The van der Waals surface area contributed by atoms with E-state index in [1.165, 1.54) is 4.90 Å². The molecule has 0 unspecified atom stereocenters. The Morgan fingerprint density at radius 1 is 0.818 bits per heavy atom. The van der Waals surface area contributed by atoms with Crippen molar-refractivity contribution < 1.29 is 9.59 Å². The number of nitrogens with zero attached hydrogens (tertiary/aromatic N) is 1. The second kappa shape index (κ2) is 13.1. The Morgan fingerprint density at radius 3 is 2.21 bits per heavy atom. The molecule has 8 N–H and O–H groups in total. The zero-order chi connectivity index (χ0) is 23.5. The molecule has 0 fully saturated rings. The van der Waals surface area contributed by atoms with Crippen molar-refractivity contribution >= 4 is 28.3 Å². The van der Waals surface area contributed by atoms with Crippen LogP contribution >= 0.6 is 0 Å². The zero-order valence-electron chi connectivity index (χ0n) is 19.3. The van der Waals surface area contributed by atoms with Crippen molar-refractivity contribution in [2.24, 2.45) is 11.5 Å². The summed E-state index contributed by atoms with van der Waals surface area (Å²) in [6.07, 6.45) is 5.19. The summed E-state index contributed by atoms with van der Waals surface area (Å²) in [4.78, 5) is 31.2. The van der Waals surface area contributed by atoms with Crippen LogP contribution < -0.4 is 27.4 Å². The minimum absolute atomic E-state index is 0.240. The van der Waals surface area contributed by atoms with Gasteiger partial charge >= 0.3 is 0 Å². The van der Waals surface area contributed by atoms with Crippen LogP contribution in [0.5, 0.6) is 0 Å². The molecule has 1 aromatic carbocycles. The van der Waals surface area contributed by atoms with Gasteiger partial charge in [0, 0.05) is 35.8 Å². The molecular weight excluding hydrogens is 418 g/mol. The highest BCUT2D eigenvalue weighted by Crippen LogP contribution is 2.32. The Hall–Kier alpha value is -2.72. The maximum absolute atomic E-state index is 13.4. The predicted molar refractivity (Wildman–Crippen MR) is 132 cm³/mol. The topological polar surface area (TPSA) is 141 Å². The molecule has 0 saturated heterocycles. The Balaban J connectivity index is 1.70. The van der Waals surface area contributed by atoms with E-state index in [1.54, 1.807) is 0 Å². The molecule has 2 amide bonds. The third kappa shape index (κ3) is 6.42. The molecule has 1 aliphatic heterocycles. The van der Waals surface area contributed by atoms with E-state index < -0.39 is 0 Å². The fourth-order valence-electron chi connectivity index (χ4n) is 3.96. The van der Waals surface area contributed by atoms with Crippen molar-refractivity contribution in [3.8, 4) is 0 Å². The fourth-order valence-corrected chi connectivity index (χ4v) is 3.96. The van der Waals surface area contributed by atoms with Crippen LogP contribution in [0.3, 0.4) is 0 Å². The number of hydrogen-bond donors (Lipinski definition) is 6. The summed E-state index contributed by atoms with van der Waals surface area (Å²) in [6, 6.07) is 7.81. The first-order chi connectivity index (χ1) is 16.2. The van der Waals surface area contributed by atoms with Crippen LogP contribution in [0.25, 0.3) is 16.5 Å². The second-order valence-corrected chi connectivity index (χ2v) is 8.18. The molecule has 33 heavy (non-hydrogen) atoms. The summed E-state index contributed by atoms with van der Waals surface area (Å²) in [5, 5.41) is 10.8. The number of rotatable bonds is 16. The number of carbonyl (C=O) groups excluding carboxylic acids is 2. The largest absolute Gasteiger partial charge is 0.380 e. The molecule has 2 heterocycles. The molecule has 1 aromatic heterocycles. The van der Waals surface area contributed by atoms with E-state index in [1.807, 2.05) is 30.5 Å². The van der Waals surface area contributed by atoms with Crippen LogP contribution in [0.4, 0.5) is 0 Å². The summed E-state index contributed by atoms with van der Waals surface area (Å²) in [5.41, 5.74) is 13.6. The third-order valence-electron chi connectivity index (χ3n) is 5.71.